The maximum absolute atomic E-state index is 12.0. The second-order valence-electron chi connectivity index (χ2n) is 8.44. The number of hydrogen-bond acceptors (Lipinski definition) is 4. The van der Waals surface area contributed by atoms with Crippen molar-refractivity contribution >= 4 is 17.7 Å². The molecule has 1 amide bonds. The molecule has 1 atom stereocenters. The number of hydrogen-bond donors (Lipinski definition) is 3. The Morgan fingerprint density at radius 1 is 1.24 bits per heavy atom. The van der Waals surface area contributed by atoms with Crippen LogP contribution in [-0.2, 0) is 22.4 Å². The highest BCUT2D eigenvalue weighted by molar-refractivity contribution is 5.76. The minimum Gasteiger partial charge on any atom is -0.481 e. The molecule has 0 spiro atoms. The molecule has 0 saturated heterocycles. The van der Waals surface area contributed by atoms with Gasteiger partial charge in [0.15, 0.2) is 0 Å². The molecule has 0 aliphatic carbocycles. The molecular weight excluding hydrogens is 366 g/mol. The van der Waals surface area contributed by atoms with E-state index in [1.54, 1.807) is 0 Å². The van der Waals surface area contributed by atoms with Crippen LogP contribution in [0.1, 0.15) is 78.0 Å². The van der Waals surface area contributed by atoms with E-state index in [1.807, 2.05) is 34.6 Å². The maximum atomic E-state index is 12.0. The topological polar surface area (TPSA) is 91.3 Å². The Morgan fingerprint density at radius 2 is 1.97 bits per heavy atom. The first kappa shape index (κ1) is 24.9. The van der Waals surface area contributed by atoms with Crippen molar-refractivity contribution in [2.24, 2.45) is 11.3 Å². The number of aliphatic carboxylic acids is 1. The number of fused-ring (bicyclic) bond motifs is 1. The van der Waals surface area contributed by atoms with Crippen LogP contribution in [0.2, 0.25) is 0 Å². The highest BCUT2D eigenvalue weighted by Gasteiger charge is 2.30. The van der Waals surface area contributed by atoms with Crippen molar-refractivity contribution in [3.63, 3.8) is 0 Å². The monoisotopic (exact) mass is 405 g/mol. The lowest BCUT2D eigenvalue weighted by Gasteiger charge is -2.27. The number of carbonyl (C=O) groups is 2. The second kappa shape index (κ2) is 12.5. The zero-order valence-corrected chi connectivity index (χ0v) is 18.8. The number of carboxylic acid groups (broad SMARTS) is 1. The predicted octanol–water partition coefficient (Wildman–Crippen LogP) is 4.43. The quantitative estimate of drug-likeness (QED) is 0.529. The van der Waals surface area contributed by atoms with Gasteiger partial charge in [-0.15, -0.1) is 0 Å². The van der Waals surface area contributed by atoms with Gasteiger partial charge in [0.1, 0.15) is 5.82 Å². The zero-order chi connectivity index (χ0) is 21.9. The molecule has 3 N–H and O–H groups in total. The van der Waals surface area contributed by atoms with Gasteiger partial charge in [-0.1, -0.05) is 40.7 Å². The van der Waals surface area contributed by atoms with Crippen molar-refractivity contribution in [3.8, 4) is 0 Å². The standard InChI is InChI=1S/C21H33N3O3.C2H6/c1-21(2,3)17(20(26)27)12-14-22-18(25)9-5-4-8-16-11-10-15-7-6-13-23-19(15)24-16;1-2/h10-11,17H,4-9,12-14H2,1-3H3,(H,22,25)(H,23,24)(H,26,27);1-2H3. The largest absolute Gasteiger partial charge is 0.481 e. The average molecular weight is 406 g/mol. The first-order valence-corrected chi connectivity index (χ1v) is 11.0. The molecule has 164 valence electrons. The molecule has 0 radical (unpaired) electrons. The number of amides is 1. The lowest BCUT2D eigenvalue weighted by atomic mass is 9.79. The number of anilines is 1. The third-order valence-electron chi connectivity index (χ3n) is 5.14. The number of nitrogens with zero attached hydrogens (tertiary/aromatic N) is 1. The third-order valence-corrected chi connectivity index (χ3v) is 5.14. The summed E-state index contributed by atoms with van der Waals surface area (Å²) in [7, 11) is 0. The van der Waals surface area contributed by atoms with Crippen molar-refractivity contribution < 1.29 is 14.7 Å². The van der Waals surface area contributed by atoms with Crippen LogP contribution in [0.25, 0.3) is 0 Å². The molecule has 1 unspecified atom stereocenters. The maximum Gasteiger partial charge on any atom is 0.307 e. The van der Waals surface area contributed by atoms with E-state index >= 15 is 0 Å². The molecule has 6 nitrogen and oxygen atoms in total. The van der Waals surface area contributed by atoms with Gasteiger partial charge in [-0.05, 0) is 55.6 Å². The first-order chi connectivity index (χ1) is 13.8. The van der Waals surface area contributed by atoms with Crippen molar-refractivity contribution in [1.82, 2.24) is 10.3 Å². The number of pyridine rings is 1. The van der Waals surface area contributed by atoms with Gasteiger partial charge < -0.3 is 15.7 Å². The zero-order valence-electron chi connectivity index (χ0n) is 18.8. The van der Waals surface area contributed by atoms with Crippen LogP contribution in [0, 0.1) is 11.3 Å². The summed E-state index contributed by atoms with van der Waals surface area (Å²) in [6.45, 7) is 11.1. The Hall–Kier alpha value is -2.11. The molecule has 0 bridgehead atoms. The van der Waals surface area contributed by atoms with E-state index in [-0.39, 0.29) is 11.3 Å². The van der Waals surface area contributed by atoms with Gasteiger partial charge in [-0.25, -0.2) is 4.98 Å². The van der Waals surface area contributed by atoms with E-state index in [0.717, 1.165) is 50.2 Å². The van der Waals surface area contributed by atoms with E-state index in [9.17, 15) is 14.7 Å². The molecule has 1 aromatic rings. The highest BCUT2D eigenvalue weighted by atomic mass is 16.4. The molecule has 2 heterocycles. The number of aryl methyl sites for hydroxylation is 2. The number of carboxylic acids is 1. The lowest BCUT2D eigenvalue weighted by Crippen LogP contribution is -2.33. The van der Waals surface area contributed by atoms with E-state index in [4.69, 9.17) is 0 Å². The Balaban J connectivity index is 0.00000204. The summed E-state index contributed by atoms with van der Waals surface area (Å²) in [5.74, 6) is -0.248. The molecular formula is C23H39N3O3. The summed E-state index contributed by atoms with van der Waals surface area (Å²) < 4.78 is 0. The van der Waals surface area contributed by atoms with Crippen LogP contribution in [-0.4, -0.2) is 35.1 Å². The number of aromatic nitrogens is 1. The van der Waals surface area contributed by atoms with Crippen LogP contribution in [0.4, 0.5) is 5.82 Å². The van der Waals surface area contributed by atoms with Gasteiger partial charge in [-0.2, -0.15) is 0 Å². The van der Waals surface area contributed by atoms with Gasteiger partial charge in [0.25, 0.3) is 0 Å². The summed E-state index contributed by atoms with van der Waals surface area (Å²) in [5, 5.41) is 15.5. The Kier molecular flexibility index (Phi) is 10.7. The van der Waals surface area contributed by atoms with Gasteiger partial charge in [0, 0.05) is 25.2 Å². The fourth-order valence-corrected chi connectivity index (χ4v) is 3.47. The van der Waals surface area contributed by atoms with Gasteiger partial charge in [0.05, 0.1) is 5.92 Å². The fraction of sp³-hybridized carbons (Fsp3) is 0.696. The lowest BCUT2D eigenvalue weighted by molar-refractivity contribution is -0.146. The molecule has 1 aliphatic rings. The van der Waals surface area contributed by atoms with Crippen molar-refractivity contribution in [3.05, 3.63) is 23.4 Å². The SMILES string of the molecule is CC.CC(C)(C)C(CCNC(=O)CCCCc1ccc2c(n1)NCCC2)C(=O)O. The summed E-state index contributed by atoms with van der Waals surface area (Å²) in [6.07, 6.45) is 5.76. The first-order valence-electron chi connectivity index (χ1n) is 11.0. The van der Waals surface area contributed by atoms with Crippen LogP contribution in [0.3, 0.4) is 0 Å². The van der Waals surface area contributed by atoms with Crippen LogP contribution < -0.4 is 10.6 Å². The summed E-state index contributed by atoms with van der Waals surface area (Å²) in [5.41, 5.74) is 2.05. The minimum absolute atomic E-state index is 0.00638. The summed E-state index contributed by atoms with van der Waals surface area (Å²) in [4.78, 5) is 28.0. The van der Waals surface area contributed by atoms with Gasteiger partial charge in [-0.3, -0.25) is 9.59 Å². The molecule has 1 aliphatic heterocycles. The van der Waals surface area contributed by atoms with E-state index < -0.39 is 11.9 Å². The van der Waals surface area contributed by atoms with Crippen LogP contribution in [0.15, 0.2) is 12.1 Å². The molecule has 6 heteroatoms. The Labute approximate surface area is 175 Å². The number of nitrogens with one attached hydrogen (secondary N) is 2. The molecule has 0 saturated carbocycles. The predicted molar refractivity (Wildman–Crippen MR) is 118 cm³/mol. The van der Waals surface area contributed by atoms with E-state index in [2.05, 4.69) is 27.8 Å². The summed E-state index contributed by atoms with van der Waals surface area (Å²) >= 11 is 0. The fourth-order valence-electron chi connectivity index (χ4n) is 3.47. The number of unbranched alkanes of at least 4 members (excludes halogenated alkanes) is 1. The highest BCUT2D eigenvalue weighted by Crippen LogP contribution is 2.28. The van der Waals surface area contributed by atoms with E-state index in [0.29, 0.717) is 19.4 Å². The van der Waals surface area contributed by atoms with E-state index in [1.165, 1.54) is 5.56 Å². The van der Waals surface area contributed by atoms with Gasteiger partial charge >= 0.3 is 5.97 Å². The molecule has 0 fully saturated rings. The average Bonchev–Trinajstić information content (AvgIpc) is 2.68. The van der Waals surface area contributed by atoms with Crippen LogP contribution >= 0.6 is 0 Å². The Morgan fingerprint density at radius 3 is 2.62 bits per heavy atom. The number of carbonyl (C=O) groups excluding carboxylic acids is 1. The normalized spacial score (nSPS) is 14.0. The number of rotatable bonds is 9. The molecule has 0 aromatic carbocycles. The Bertz CT molecular complexity index is 653. The van der Waals surface area contributed by atoms with Crippen molar-refractivity contribution in [1.29, 1.82) is 0 Å². The third kappa shape index (κ3) is 8.84. The molecule has 29 heavy (non-hydrogen) atoms. The summed E-state index contributed by atoms with van der Waals surface area (Å²) in [6, 6.07) is 4.25. The van der Waals surface area contributed by atoms with Crippen molar-refractivity contribution in [2.45, 2.75) is 79.6 Å². The van der Waals surface area contributed by atoms with Crippen LogP contribution in [0.5, 0.6) is 0 Å². The van der Waals surface area contributed by atoms with Gasteiger partial charge in [0.2, 0.25) is 5.91 Å². The second-order valence-corrected chi connectivity index (χ2v) is 8.44. The molecule has 1 aromatic heterocycles. The molecule has 2 rings (SSSR count). The smallest absolute Gasteiger partial charge is 0.307 e. The minimum atomic E-state index is -0.802. The van der Waals surface area contributed by atoms with Crippen molar-refractivity contribution in [2.75, 3.05) is 18.4 Å².